The maximum Gasteiger partial charge on any atom is 0.125 e. The van der Waals surface area contributed by atoms with Gasteiger partial charge in [0.1, 0.15) is 5.82 Å². The molecule has 1 aromatic rings. The maximum atomic E-state index is 6.02. The van der Waals surface area contributed by atoms with E-state index in [0.29, 0.717) is 18.1 Å². The molecule has 0 spiro atoms. The summed E-state index contributed by atoms with van der Waals surface area (Å²) < 4.78 is 6.02. The van der Waals surface area contributed by atoms with Gasteiger partial charge >= 0.3 is 0 Å². The Morgan fingerprint density at radius 1 is 1.30 bits per heavy atom. The molecule has 0 unspecified atom stereocenters. The number of pyridine rings is 1. The van der Waals surface area contributed by atoms with Crippen LogP contribution in [0.2, 0.25) is 0 Å². The van der Waals surface area contributed by atoms with E-state index in [1.165, 1.54) is 25.7 Å². The van der Waals surface area contributed by atoms with Crippen LogP contribution in [-0.4, -0.2) is 17.6 Å². The van der Waals surface area contributed by atoms with Crippen LogP contribution in [0.3, 0.4) is 0 Å². The third-order valence-electron chi connectivity index (χ3n) is 4.15. The predicted octanol–water partition coefficient (Wildman–Crippen LogP) is 4.39. The summed E-state index contributed by atoms with van der Waals surface area (Å²) in [5.74, 6) is 0.954. The molecule has 3 nitrogen and oxygen atoms in total. The summed E-state index contributed by atoms with van der Waals surface area (Å²) in [6.45, 7) is 8.53. The summed E-state index contributed by atoms with van der Waals surface area (Å²) in [5, 5.41) is 3.28. The van der Waals surface area contributed by atoms with Crippen LogP contribution in [0.4, 0.5) is 5.82 Å². The van der Waals surface area contributed by atoms with Crippen LogP contribution in [0.5, 0.6) is 0 Å². The van der Waals surface area contributed by atoms with E-state index >= 15 is 0 Å². The standard InChI is InChI=1S/C17H28N2O/c1-4-11-18-16-6-5-14(12-19-16)13-20-15-7-9-17(2,3)10-8-15/h5-6,12,15H,4,7-11,13H2,1-3H3,(H,18,19). The highest BCUT2D eigenvalue weighted by atomic mass is 16.5. The zero-order valence-electron chi connectivity index (χ0n) is 13.1. The third-order valence-corrected chi connectivity index (χ3v) is 4.15. The average molecular weight is 276 g/mol. The summed E-state index contributed by atoms with van der Waals surface area (Å²) in [6.07, 6.45) is 8.40. The molecule has 20 heavy (non-hydrogen) atoms. The fourth-order valence-electron chi connectivity index (χ4n) is 2.62. The van der Waals surface area contributed by atoms with E-state index in [2.05, 4.69) is 37.1 Å². The Morgan fingerprint density at radius 3 is 2.65 bits per heavy atom. The van der Waals surface area contributed by atoms with E-state index < -0.39 is 0 Å². The first kappa shape index (κ1) is 15.3. The van der Waals surface area contributed by atoms with Crippen molar-refractivity contribution in [3.63, 3.8) is 0 Å². The van der Waals surface area contributed by atoms with Gasteiger partial charge in [-0.1, -0.05) is 26.8 Å². The van der Waals surface area contributed by atoms with Gasteiger partial charge < -0.3 is 10.1 Å². The minimum atomic E-state index is 0.431. The van der Waals surface area contributed by atoms with Gasteiger partial charge in [0.25, 0.3) is 0 Å². The first-order chi connectivity index (χ1) is 9.59. The van der Waals surface area contributed by atoms with Crippen molar-refractivity contribution >= 4 is 5.82 Å². The number of rotatable bonds is 6. The fraction of sp³-hybridized carbons (Fsp3) is 0.706. The second-order valence-corrected chi connectivity index (χ2v) is 6.65. The molecule has 3 heteroatoms. The summed E-state index contributed by atoms with van der Waals surface area (Å²) in [7, 11) is 0. The minimum Gasteiger partial charge on any atom is -0.373 e. The van der Waals surface area contributed by atoms with Crippen LogP contribution in [0.15, 0.2) is 18.3 Å². The number of aromatic nitrogens is 1. The van der Waals surface area contributed by atoms with Crippen molar-refractivity contribution < 1.29 is 4.74 Å². The molecule has 1 aliphatic carbocycles. The Balaban J connectivity index is 1.74. The Bertz CT molecular complexity index is 390. The lowest BCUT2D eigenvalue weighted by Gasteiger charge is -2.34. The lowest BCUT2D eigenvalue weighted by Crippen LogP contribution is -2.26. The summed E-state index contributed by atoms with van der Waals surface area (Å²) >= 11 is 0. The van der Waals surface area contributed by atoms with E-state index in [0.717, 1.165) is 24.3 Å². The molecule has 112 valence electrons. The molecule has 1 aliphatic rings. The van der Waals surface area contributed by atoms with Crippen LogP contribution in [-0.2, 0) is 11.3 Å². The van der Waals surface area contributed by atoms with Crippen molar-refractivity contribution in [2.75, 3.05) is 11.9 Å². The molecule has 1 N–H and O–H groups in total. The summed E-state index contributed by atoms with van der Waals surface area (Å²) in [4.78, 5) is 4.41. The zero-order chi connectivity index (χ0) is 14.4. The summed E-state index contributed by atoms with van der Waals surface area (Å²) in [5.41, 5.74) is 1.67. The van der Waals surface area contributed by atoms with Gasteiger partial charge in [0.15, 0.2) is 0 Å². The second-order valence-electron chi connectivity index (χ2n) is 6.65. The van der Waals surface area contributed by atoms with Crippen LogP contribution >= 0.6 is 0 Å². The molecule has 1 heterocycles. The lowest BCUT2D eigenvalue weighted by atomic mass is 9.76. The lowest BCUT2D eigenvalue weighted by molar-refractivity contribution is -0.00567. The second kappa shape index (κ2) is 7.07. The molecular weight excluding hydrogens is 248 g/mol. The first-order valence-corrected chi connectivity index (χ1v) is 7.89. The van der Waals surface area contributed by atoms with Crippen LogP contribution in [0.1, 0.15) is 58.4 Å². The van der Waals surface area contributed by atoms with Crippen LogP contribution in [0, 0.1) is 5.41 Å². The molecule has 0 bridgehead atoms. The van der Waals surface area contributed by atoms with E-state index in [-0.39, 0.29) is 0 Å². The van der Waals surface area contributed by atoms with Gasteiger partial charge in [-0.3, -0.25) is 0 Å². The highest BCUT2D eigenvalue weighted by molar-refractivity contribution is 5.35. The van der Waals surface area contributed by atoms with Gasteiger partial charge in [0, 0.05) is 12.7 Å². The number of hydrogen-bond acceptors (Lipinski definition) is 3. The minimum absolute atomic E-state index is 0.431. The highest BCUT2D eigenvalue weighted by Crippen LogP contribution is 2.36. The molecule has 0 amide bonds. The topological polar surface area (TPSA) is 34.1 Å². The number of nitrogens with zero attached hydrogens (tertiary/aromatic N) is 1. The SMILES string of the molecule is CCCNc1ccc(COC2CCC(C)(C)CC2)cn1. The van der Waals surface area contributed by atoms with E-state index in [1.807, 2.05) is 12.3 Å². The van der Waals surface area contributed by atoms with E-state index in [1.54, 1.807) is 0 Å². The third kappa shape index (κ3) is 4.78. The Labute approximate surface area is 123 Å². The monoisotopic (exact) mass is 276 g/mol. The quantitative estimate of drug-likeness (QED) is 0.836. The van der Waals surface area contributed by atoms with Crippen LogP contribution in [0.25, 0.3) is 0 Å². The number of hydrogen-bond donors (Lipinski definition) is 1. The van der Waals surface area contributed by atoms with Crippen molar-refractivity contribution in [1.82, 2.24) is 4.98 Å². The molecule has 0 radical (unpaired) electrons. The molecule has 1 fully saturated rings. The van der Waals surface area contributed by atoms with E-state index in [4.69, 9.17) is 4.74 Å². The molecule has 0 saturated heterocycles. The summed E-state index contributed by atoms with van der Waals surface area (Å²) in [6, 6.07) is 4.15. The van der Waals surface area contributed by atoms with Crippen molar-refractivity contribution in [3.8, 4) is 0 Å². The normalized spacial score (nSPS) is 18.9. The van der Waals surface area contributed by atoms with Gasteiger partial charge in [-0.25, -0.2) is 4.98 Å². The Kier molecular flexibility index (Phi) is 5.41. The van der Waals surface area contributed by atoms with Crippen molar-refractivity contribution in [2.45, 2.75) is 65.6 Å². The molecule has 0 aliphatic heterocycles. The first-order valence-electron chi connectivity index (χ1n) is 7.89. The highest BCUT2D eigenvalue weighted by Gasteiger charge is 2.27. The van der Waals surface area contributed by atoms with Crippen molar-refractivity contribution in [2.24, 2.45) is 5.41 Å². The molecule has 1 aromatic heterocycles. The molecule has 2 rings (SSSR count). The molecule has 0 aromatic carbocycles. The maximum absolute atomic E-state index is 6.02. The number of anilines is 1. The average Bonchev–Trinajstić information content (AvgIpc) is 2.45. The molecule has 1 saturated carbocycles. The largest absolute Gasteiger partial charge is 0.373 e. The van der Waals surface area contributed by atoms with Gasteiger partial charge in [0.2, 0.25) is 0 Å². The smallest absolute Gasteiger partial charge is 0.125 e. The molecular formula is C17H28N2O. The van der Waals surface area contributed by atoms with Crippen LogP contribution < -0.4 is 5.32 Å². The Morgan fingerprint density at radius 2 is 2.05 bits per heavy atom. The predicted molar refractivity (Wildman–Crippen MR) is 83.8 cm³/mol. The Hall–Kier alpha value is -1.09. The van der Waals surface area contributed by atoms with Gasteiger partial charge in [0.05, 0.1) is 12.7 Å². The molecule has 0 atom stereocenters. The number of ether oxygens (including phenoxy) is 1. The number of nitrogens with one attached hydrogen (secondary N) is 1. The zero-order valence-corrected chi connectivity index (χ0v) is 13.1. The fourth-order valence-corrected chi connectivity index (χ4v) is 2.62. The van der Waals surface area contributed by atoms with Crippen molar-refractivity contribution in [1.29, 1.82) is 0 Å². The van der Waals surface area contributed by atoms with Gasteiger partial charge in [-0.05, 0) is 49.1 Å². The van der Waals surface area contributed by atoms with Gasteiger partial charge in [-0.2, -0.15) is 0 Å². The van der Waals surface area contributed by atoms with E-state index in [9.17, 15) is 0 Å². The van der Waals surface area contributed by atoms with Gasteiger partial charge in [-0.15, -0.1) is 0 Å². The van der Waals surface area contributed by atoms with Crippen molar-refractivity contribution in [3.05, 3.63) is 23.9 Å².